The largest absolute Gasteiger partial charge is 0.330 e. The standard InChI is InChI=1S/C11H23N3/c1-13-5-4-11-3-2-10(8-12)9-14(11)7-6-13/h10-11H,2-9,12H2,1H3. The van der Waals surface area contributed by atoms with Crippen LogP contribution >= 0.6 is 0 Å². The van der Waals surface area contributed by atoms with Crippen LogP contribution < -0.4 is 5.73 Å². The molecule has 3 nitrogen and oxygen atoms in total. The second-order valence-corrected chi connectivity index (χ2v) is 4.92. The van der Waals surface area contributed by atoms with E-state index in [2.05, 4.69) is 16.8 Å². The summed E-state index contributed by atoms with van der Waals surface area (Å²) < 4.78 is 0. The first-order chi connectivity index (χ1) is 6.79. The van der Waals surface area contributed by atoms with Crippen molar-refractivity contribution in [2.24, 2.45) is 11.7 Å². The van der Waals surface area contributed by atoms with Crippen LogP contribution in [0.3, 0.4) is 0 Å². The smallest absolute Gasteiger partial charge is 0.0112 e. The zero-order valence-electron chi connectivity index (χ0n) is 9.28. The molecule has 0 aliphatic carbocycles. The zero-order chi connectivity index (χ0) is 9.97. The Bertz CT molecular complexity index is 183. The van der Waals surface area contributed by atoms with E-state index in [-0.39, 0.29) is 0 Å². The molecule has 2 N–H and O–H groups in total. The van der Waals surface area contributed by atoms with Crippen LogP contribution in [0.5, 0.6) is 0 Å². The molecule has 82 valence electrons. The van der Waals surface area contributed by atoms with Crippen molar-refractivity contribution in [1.82, 2.24) is 9.80 Å². The number of nitrogens with two attached hydrogens (primary N) is 1. The van der Waals surface area contributed by atoms with E-state index in [1.807, 2.05) is 0 Å². The zero-order valence-corrected chi connectivity index (χ0v) is 9.28. The van der Waals surface area contributed by atoms with Crippen molar-refractivity contribution in [3.05, 3.63) is 0 Å². The second-order valence-electron chi connectivity index (χ2n) is 4.92. The van der Waals surface area contributed by atoms with Gasteiger partial charge in [-0.3, -0.25) is 4.90 Å². The van der Waals surface area contributed by atoms with E-state index in [9.17, 15) is 0 Å². The van der Waals surface area contributed by atoms with Crippen LogP contribution in [-0.4, -0.2) is 55.6 Å². The number of hydrogen-bond acceptors (Lipinski definition) is 3. The van der Waals surface area contributed by atoms with E-state index in [0.29, 0.717) is 0 Å². The van der Waals surface area contributed by atoms with Crippen molar-refractivity contribution in [1.29, 1.82) is 0 Å². The summed E-state index contributed by atoms with van der Waals surface area (Å²) in [4.78, 5) is 5.13. The van der Waals surface area contributed by atoms with E-state index >= 15 is 0 Å². The predicted octanol–water partition coefficient (Wildman–Crippen LogP) is 0.361. The van der Waals surface area contributed by atoms with Crippen molar-refractivity contribution in [2.75, 3.05) is 39.8 Å². The second kappa shape index (κ2) is 4.60. The molecule has 2 aliphatic heterocycles. The molecule has 14 heavy (non-hydrogen) atoms. The van der Waals surface area contributed by atoms with E-state index in [0.717, 1.165) is 18.5 Å². The number of hydrogen-bond donors (Lipinski definition) is 1. The molecule has 0 bridgehead atoms. The molecule has 0 spiro atoms. The van der Waals surface area contributed by atoms with Crippen LogP contribution in [0, 0.1) is 5.92 Å². The van der Waals surface area contributed by atoms with Crippen LogP contribution in [0.2, 0.25) is 0 Å². The maximum absolute atomic E-state index is 5.75. The van der Waals surface area contributed by atoms with E-state index in [4.69, 9.17) is 5.73 Å². The van der Waals surface area contributed by atoms with Crippen LogP contribution in [0.4, 0.5) is 0 Å². The summed E-state index contributed by atoms with van der Waals surface area (Å²) in [5, 5.41) is 0. The Kier molecular flexibility index (Phi) is 3.42. The molecule has 0 aromatic carbocycles. The Labute approximate surface area is 87.2 Å². The summed E-state index contributed by atoms with van der Waals surface area (Å²) in [6.07, 6.45) is 4.07. The van der Waals surface area contributed by atoms with Gasteiger partial charge in [-0.2, -0.15) is 0 Å². The lowest BCUT2D eigenvalue weighted by molar-refractivity contribution is 0.117. The van der Waals surface area contributed by atoms with Crippen LogP contribution in [-0.2, 0) is 0 Å². The van der Waals surface area contributed by atoms with Crippen molar-refractivity contribution in [2.45, 2.75) is 25.3 Å². The van der Waals surface area contributed by atoms with Gasteiger partial charge in [0.05, 0.1) is 0 Å². The first kappa shape index (κ1) is 10.4. The number of nitrogens with zero attached hydrogens (tertiary/aromatic N) is 2. The highest BCUT2D eigenvalue weighted by Crippen LogP contribution is 2.24. The maximum atomic E-state index is 5.75. The van der Waals surface area contributed by atoms with Crippen LogP contribution in [0.1, 0.15) is 19.3 Å². The van der Waals surface area contributed by atoms with Gasteiger partial charge in [0, 0.05) is 25.7 Å². The lowest BCUT2D eigenvalue weighted by Crippen LogP contribution is -2.45. The van der Waals surface area contributed by atoms with Crippen molar-refractivity contribution >= 4 is 0 Å². The van der Waals surface area contributed by atoms with Crippen molar-refractivity contribution in [3.63, 3.8) is 0 Å². The molecule has 0 saturated carbocycles. The van der Waals surface area contributed by atoms with Crippen molar-refractivity contribution < 1.29 is 0 Å². The lowest BCUT2D eigenvalue weighted by atomic mass is 9.91. The quantitative estimate of drug-likeness (QED) is 0.659. The number of likely N-dealkylation sites (N-methyl/N-ethyl adjacent to an activating group) is 1. The molecule has 2 rings (SSSR count). The summed E-state index contributed by atoms with van der Waals surface area (Å²) in [6, 6.07) is 0.850. The minimum Gasteiger partial charge on any atom is -0.330 e. The van der Waals surface area contributed by atoms with Gasteiger partial charge in [0.25, 0.3) is 0 Å². The highest BCUT2D eigenvalue weighted by atomic mass is 15.2. The Hall–Kier alpha value is -0.120. The van der Waals surface area contributed by atoms with Gasteiger partial charge in [-0.05, 0) is 45.3 Å². The Morgan fingerprint density at radius 2 is 2.00 bits per heavy atom. The third-order valence-electron chi connectivity index (χ3n) is 3.86. The molecule has 0 aromatic rings. The SMILES string of the molecule is CN1CCC2CCC(CN)CN2CC1. The van der Waals surface area contributed by atoms with Gasteiger partial charge in [0.15, 0.2) is 0 Å². The summed E-state index contributed by atoms with van der Waals surface area (Å²) in [5.41, 5.74) is 5.75. The molecule has 2 atom stereocenters. The molecular weight excluding hydrogens is 174 g/mol. The normalized spacial score (nSPS) is 36.4. The molecule has 2 aliphatic rings. The molecule has 0 radical (unpaired) electrons. The van der Waals surface area contributed by atoms with E-state index in [1.54, 1.807) is 0 Å². The first-order valence-electron chi connectivity index (χ1n) is 5.92. The Balaban J connectivity index is 1.92. The van der Waals surface area contributed by atoms with Crippen molar-refractivity contribution in [3.8, 4) is 0 Å². The predicted molar refractivity (Wildman–Crippen MR) is 59.3 cm³/mol. The fraction of sp³-hybridized carbons (Fsp3) is 1.00. The fourth-order valence-electron chi connectivity index (χ4n) is 2.76. The monoisotopic (exact) mass is 197 g/mol. The summed E-state index contributed by atoms with van der Waals surface area (Å²) >= 11 is 0. The Morgan fingerprint density at radius 3 is 2.79 bits per heavy atom. The van der Waals surface area contributed by atoms with E-state index in [1.165, 1.54) is 45.4 Å². The number of fused-ring (bicyclic) bond motifs is 1. The average Bonchev–Trinajstić information content (AvgIpc) is 2.40. The molecular formula is C11H23N3. The molecule has 0 aromatic heterocycles. The first-order valence-corrected chi connectivity index (χ1v) is 5.92. The van der Waals surface area contributed by atoms with Gasteiger partial charge >= 0.3 is 0 Å². The average molecular weight is 197 g/mol. The minimum absolute atomic E-state index is 0.759. The maximum Gasteiger partial charge on any atom is 0.0112 e. The van der Waals surface area contributed by atoms with Gasteiger partial charge in [0.1, 0.15) is 0 Å². The van der Waals surface area contributed by atoms with Crippen LogP contribution in [0.25, 0.3) is 0 Å². The van der Waals surface area contributed by atoms with Gasteiger partial charge in [-0.15, -0.1) is 0 Å². The fourth-order valence-corrected chi connectivity index (χ4v) is 2.76. The van der Waals surface area contributed by atoms with Crippen LogP contribution in [0.15, 0.2) is 0 Å². The molecule has 2 saturated heterocycles. The molecule has 0 amide bonds. The number of piperidine rings is 1. The lowest BCUT2D eigenvalue weighted by Gasteiger charge is -2.38. The highest BCUT2D eigenvalue weighted by Gasteiger charge is 2.29. The number of rotatable bonds is 1. The summed E-state index contributed by atoms with van der Waals surface area (Å²) in [6.45, 7) is 5.87. The van der Waals surface area contributed by atoms with Gasteiger partial charge in [0.2, 0.25) is 0 Å². The third-order valence-corrected chi connectivity index (χ3v) is 3.86. The van der Waals surface area contributed by atoms with Gasteiger partial charge in [-0.25, -0.2) is 0 Å². The Morgan fingerprint density at radius 1 is 1.14 bits per heavy atom. The van der Waals surface area contributed by atoms with Gasteiger partial charge < -0.3 is 10.6 Å². The van der Waals surface area contributed by atoms with E-state index < -0.39 is 0 Å². The van der Waals surface area contributed by atoms with Gasteiger partial charge in [-0.1, -0.05) is 0 Å². The molecule has 2 fully saturated rings. The summed E-state index contributed by atoms with van der Waals surface area (Å²) in [5.74, 6) is 0.759. The topological polar surface area (TPSA) is 32.5 Å². The molecule has 3 heteroatoms. The molecule has 2 unspecified atom stereocenters. The minimum atomic E-state index is 0.759. The molecule has 2 heterocycles. The third kappa shape index (κ3) is 2.27. The summed E-state index contributed by atoms with van der Waals surface area (Å²) in [7, 11) is 2.23. The highest BCUT2D eigenvalue weighted by molar-refractivity contribution is 4.85.